The molecule has 4 unspecified atom stereocenters. The summed E-state index contributed by atoms with van der Waals surface area (Å²) in [6.07, 6.45) is 3.63. The van der Waals surface area contributed by atoms with Crippen molar-refractivity contribution in [2.24, 2.45) is 5.73 Å². The first kappa shape index (κ1) is 14.6. The molecule has 1 rings (SSSR count). The molecule has 0 aromatic rings. The van der Waals surface area contributed by atoms with Crippen LogP contribution in [0.3, 0.4) is 0 Å². The lowest BCUT2D eigenvalue weighted by Gasteiger charge is -2.17. The van der Waals surface area contributed by atoms with Crippen LogP contribution in [0.15, 0.2) is 0 Å². The minimum absolute atomic E-state index is 0.0178. The van der Waals surface area contributed by atoms with Gasteiger partial charge in [0.1, 0.15) is 6.10 Å². The van der Waals surface area contributed by atoms with Crippen LogP contribution in [0.2, 0.25) is 0 Å². The summed E-state index contributed by atoms with van der Waals surface area (Å²) in [5.74, 6) is 0.536. The van der Waals surface area contributed by atoms with E-state index < -0.39 is 10.8 Å². The van der Waals surface area contributed by atoms with Crippen molar-refractivity contribution in [2.45, 2.75) is 44.4 Å². The Bertz CT molecular complexity index is 286. The number of amides is 1. The van der Waals surface area contributed by atoms with E-state index in [9.17, 15) is 9.00 Å². The molecule has 0 aromatic heterocycles. The molecular formula is C11H22N2O3S. The Balaban J connectivity index is 2.27. The van der Waals surface area contributed by atoms with Crippen molar-refractivity contribution in [3.63, 3.8) is 0 Å². The molecule has 5 nitrogen and oxygen atoms in total. The molecule has 100 valence electrons. The Morgan fingerprint density at radius 3 is 2.82 bits per heavy atom. The third-order valence-corrected chi connectivity index (χ3v) is 3.70. The average Bonchev–Trinajstić information content (AvgIpc) is 2.74. The second kappa shape index (κ2) is 7.08. The molecule has 0 saturated carbocycles. The van der Waals surface area contributed by atoms with E-state index in [1.807, 2.05) is 6.92 Å². The van der Waals surface area contributed by atoms with Crippen LogP contribution in [-0.4, -0.2) is 46.9 Å². The van der Waals surface area contributed by atoms with Gasteiger partial charge in [-0.05, 0) is 26.2 Å². The normalized spacial score (nSPS) is 27.7. The first-order chi connectivity index (χ1) is 8.02. The van der Waals surface area contributed by atoms with Crippen molar-refractivity contribution in [1.82, 2.24) is 5.32 Å². The molecule has 0 radical (unpaired) electrons. The van der Waals surface area contributed by atoms with Gasteiger partial charge in [-0.25, -0.2) is 0 Å². The number of carbonyl (C=O) groups is 1. The maximum atomic E-state index is 11.8. The minimum Gasteiger partial charge on any atom is -0.364 e. The molecule has 1 fully saturated rings. The van der Waals surface area contributed by atoms with Gasteiger partial charge in [0.15, 0.2) is 0 Å². The van der Waals surface area contributed by atoms with Crippen molar-refractivity contribution in [3.8, 4) is 0 Å². The SMILES string of the molecule is CC(CCS(C)=O)NC(=O)C1CCC(CN)O1. The van der Waals surface area contributed by atoms with Crippen LogP contribution in [0.25, 0.3) is 0 Å². The van der Waals surface area contributed by atoms with Crippen LogP contribution in [-0.2, 0) is 20.3 Å². The third kappa shape index (κ3) is 5.14. The largest absolute Gasteiger partial charge is 0.364 e. The van der Waals surface area contributed by atoms with Gasteiger partial charge < -0.3 is 15.8 Å². The molecule has 1 saturated heterocycles. The second-order valence-corrected chi connectivity index (χ2v) is 6.09. The van der Waals surface area contributed by atoms with Crippen LogP contribution in [0, 0.1) is 0 Å². The lowest BCUT2D eigenvalue weighted by Crippen LogP contribution is -2.41. The molecule has 0 aliphatic carbocycles. The minimum atomic E-state index is -0.809. The molecule has 6 heteroatoms. The fraction of sp³-hybridized carbons (Fsp3) is 0.909. The van der Waals surface area contributed by atoms with Gasteiger partial charge in [0.05, 0.1) is 6.10 Å². The first-order valence-corrected chi connectivity index (χ1v) is 7.71. The van der Waals surface area contributed by atoms with Crippen molar-refractivity contribution >= 4 is 16.7 Å². The predicted octanol–water partition coefficient (Wildman–Crippen LogP) is -0.234. The van der Waals surface area contributed by atoms with E-state index in [-0.39, 0.29) is 24.2 Å². The second-order valence-electron chi connectivity index (χ2n) is 4.54. The zero-order valence-corrected chi connectivity index (χ0v) is 11.3. The highest BCUT2D eigenvalue weighted by Crippen LogP contribution is 2.19. The lowest BCUT2D eigenvalue weighted by molar-refractivity contribution is -0.132. The van der Waals surface area contributed by atoms with Crippen molar-refractivity contribution in [3.05, 3.63) is 0 Å². The van der Waals surface area contributed by atoms with E-state index in [0.717, 1.165) is 19.3 Å². The molecule has 0 spiro atoms. The van der Waals surface area contributed by atoms with Gasteiger partial charge in [-0.3, -0.25) is 9.00 Å². The third-order valence-electron chi connectivity index (χ3n) is 2.89. The molecule has 0 aromatic carbocycles. The summed E-state index contributed by atoms with van der Waals surface area (Å²) in [7, 11) is -0.809. The highest BCUT2D eigenvalue weighted by atomic mass is 32.2. The Kier molecular flexibility index (Phi) is 6.08. The van der Waals surface area contributed by atoms with Gasteiger partial charge in [0.2, 0.25) is 5.91 Å². The van der Waals surface area contributed by atoms with E-state index in [4.69, 9.17) is 10.5 Å². The van der Waals surface area contributed by atoms with E-state index in [0.29, 0.717) is 12.3 Å². The zero-order chi connectivity index (χ0) is 12.8. The average molecular weight is 262 g/mol. The van der Waals surface area contributed by atoms with Gasteiger partial charge >= 0.3 is 0 Å². The fourth-order valence-electron chi connectivity index (χ4n) is 1.82. The number of carbonyl (C=O) groups excluding carboxylic acids is 1. The maximum absolute atomic E-state index is 11.8. The molecule has 17 heavy (non-hydrogen) atoms. The number of hydrogen-bond acceptors (Lipinski definition) is 4. The van der Waals surface area contributed by atoms with Crippen molar-refractivity contribution in [2.75, 3.05) is 18.6 Å². The quantitative estimate of drug-likeness (QED) is 0.692. The highest BCUT2D eigenvalue weighted by Gasteiger charge is 2.30. The maximum Gasteiger partial charge on any atom is 0.249 e. The highest BCUT2D eigenvalue weighted by molar-refractivity contribution is 7.84. The Morgan fingerprint density at radius 1 is 1.59 bits per heavy atom. The van der Waals surface area contributed by atoms with Crippen LogP contribution >= 0.6 is 0 Å². The summed E-state index contributed by atoms with van der Waals surface area (Å²) in [4.78, 5) is 11.8. The molecule has 1 aliphatic rings. The Labute approximate surface area is 105 Å². The topological polar surface area (TPSA) is 81.4 Å². The Hall–Kier alpha value is -0.460. The Morgan fingerprint density at radius 2 is 2.29 bits per heavy atom. The smallest absolute Gasteiger partial charge is 0.249 e. The molecule has 4 atom stereocenters. The van der Waals surface area contributed by atoms with Gasteiger partial charge in [0.25, 0.3) is 0 Å². The number of ether oxygens (including phenoxy) is 1. The number of nitrogens with one attached hydrogen (secondary N) is 1. The van der Waals surface area contributed by atoms with E-state index in [1.165, 1.54) is 0 Å². The van der Waals surface area contributed by atoms with Crippen molar-refractivity contribution < 1.29 is 13.7 Å². The number of hydrogen-bond donors (Lipinski definition) is 2. The predicted molar refractivity (Wildman–Crippen MR) is 68.1 cm³/mol. The van der Waals surface area contributed by atoms with Gasteiger partial charge in [0, 0.05) is 35.4 Å². The first-order valence-electron chi connectivity index (χ1n) is 5.99. The summed E-state index contributed by atoms with van der Waals surface area (Å²) in [6, 6.07) is 0.0342. The van der Waals surface area contributed by atoms with Gasteiger partial charge in [-0.1, -0.05) is 0 Å². The van der Waals surface area contributed by atoms with E-state index in [2.05, 4.69) is 5.32 Å². The van der Waals surface area contributed by atoms with Gasteiger partial charge in [-0.2, -0.15) is 0 Å². The van der Waals surface area contributed by atoms with E-state index >= 15 is 0 Å². The zero-order valence-electron chi connectivity index (χ0n) is 10.5. The lowest BCUT2D eigenvalue weighted by atomic mass is 10.1. The summed E-state index contributed by atoms with van der Waals surface area (Å²) in [6.45, 7) is 2.38. The standard InChI is InChI=1S/C11H22N2O3S/c1-8(5-6-17(2)15)13-11(14)10-4-3-9(7-12)16-10/h8-10H,3-7,12H2,1-2H3,(H,13,14). The molecule has 1 heterocycles. The fourth-order valence-corrected chi connectivity index (χ4v) is 2.51. The van der Waals surface area contributed by atoms with Crippen LogP contribution < -0.4 is 11.1 Å². The monoisotopic (exact) mass is 262 g/mol. The molecule has 3 N–H and O–H groups in total. The summed E-state index contributed by atoms with van der Waals surface area (Å²) in [5, 5.41) is 2.88. The van der Waals surface area contributed by atoms with Crippen LogP contribution in [0.4, 0.5) is 0 Å². The number of rotatable bonds is 6. The number of nitrogens with two attached hydrogens (primary N) is 1. The van der Waals surface area contributed by atoms with E-state index in [1.54, 1.807) is 6.26 Å². The molecular weight excluding hydrogens is 240 g/mol. The van der Waals surface area contributed by atoms with Crippen LogP contribution in [0.1, 0.15) is 26.2 Å². The molecule has 1 aliphatic heterocycles. The van der Waals surface area contributed by atoms with Gasteiger partial charge in [-0.15, -0.1) is 0 Å². The molecule has 0 bridgehead atoms. The summed E-state index contributed by atoms with van der Waals surface area (Å²) < 4.78 is 16.4. The summed E-state index contributed by atoms with van der Waals surface area (Å²) in [5.41, 5.74) is 5.49. The molecule has 1 amide bonds. The van der Waals surface area contributed by atoms with Crippen molar-refractivity contribution in [1.29, 1.82) is 0 Å². The van der Waals surface area contributed by atoms with Crippen LogP contribution in [0.5, 0.6) is 0 Å². The summed E-state index contributed by atoms with van der Waals surface area (Å²) >= 11 is 0.